The summed E-state index contributed by atoms with van der Waals surface area (Å²) in [6.07, 6.45) is 0. The normalized spacial score (nSPS) is 10.4. The maximum atomic E-state index is 9.24. The number of hydrogen-bond acceptors (Lipinski definition) is 2. The van der Waals surface area contributed by atoms with E-state index in [0.29, 0.717) is 0 Å². The van der Waals surface area contributed by atoms with E-state index < -0.39 is 0 Å². The first-order valence-electron chi connectivity index (χ1n) is 7.98. The van der Waals surface area contributed by atoms with Crippen molar-refractivity contribution < 1.29 is 10.2 Å². The van der Waals surface area contributed by atoms with E-state index in [1.165, 1.54) is 10.8 Å². The number of fused-ring (bicyclic) bond motifs is 2. The van der Waals surface area contributed by atoms with Crippen molar-refractivity contribution in [3.8, 4) is 0 Å². The van der Waals surface area contributed by atoms with Crippen molar-refractivity contribution in [2.75, 3.05) is 0 Å². The third-order valence-electron chi connectivity index (χ3n) is 4.12. The SMILES string of the molecule is OCc1ccc2ccccc2c1CO.c1ccc2ccccc2c1. The molecule has 0 fully saturated rings. The average Bonchev–Trinajstić information content (AvgIpc) is 2.67. The molecule has 0 amide bonds. The minimum atomic E-state index is -0.0305. The maximum Gasteiger partial charge on any atom is 0.0691 e. The Morgan fingerprint density at radius 2 is 1.00 bits per heavy atom. The van der Waals surface area contributed by atoms with Gasteiger partial charge in [0.05, 0.1) is 13.2 Å². The summed E-state index contributed by atoms with van der Waals surface area (Å²) in [5.41, 5.74) is 1.62. The average molecular weight is 316 g/mol. The molecular formula is C22H20O2. The summed E-state index contributed by atoms with van der Waals surface area (Å²) >= 11 is 0. The summed E-state index contributed by atoms with van der Waals surface area (Å²) in [4.78, 5) is 0. The fourth-order valence-corrected chi connectivity index (χ4v) is 2.85. The van der Waals surface area contributed by atoms with Crippen molar-refractivity contribution >= 4 is 21.5 Å². The number of aliphatic hydroxyl groups is 2. The molecule has 2 nitrogen and oxygen atoms in total. The van der Waals surface area contributed by atoms with E-state index in [0.717, 1.165) is 21.9 Å². The summed E-state index contributed by atoms with van der Waals surface area (Å²) in [6, 6.07) is 28.4. The quantitative estimate of drug-likeness (QED) is 0.564. The molecule has 24 heavy (non-hydrogen) atoms. The van der Waals surface area contributed by atoms with Crippen LogP contribution in [0.4, 0.5) is 0 Å². The second kappa shape index (κ2) is 7.73. The zero-order valence-electron chi connectivity index (χ0n) is 13.4. The van der Waals surface area contributed by atoms with E-state index in [1.54, 1.807) is 0 Å². The molecule has 4 aromatic rings. The predicted molar refractivity (Wildman–Crippen MR) is 99.7 cm³/mol. The van der Waals surface area contributed by atoms with Gasteiger partial charge in [0.15, 0.2) is 0 Å². The molecule has 0 aliphatic heterocycles. The lowest BCUT2D eigenvalue weighted by molar-refractivity contribution is 0.261. The lowest BCUT2D eigenvalue weighted by atomic mass is 10.00. The van der Waals surface area contributed by atoms with Crippen LogP contribution in [-0.4, -0.2) is 10.2 Å². The van der Waals surface area contributed by atoms with Crippen LogP contribution in [0.2, 0.25) is 0 Å². The molecule has 0 aliphatic carbocycles. The minimum Gasteiger partial charge on any atom is -0.392 e. The monoisotopic (exact) mass is 316 g/mol. The Labute approximate surface area is 141 Å². The molecule has 0 heterocycles. The summed E-state index contributed by atoms with van der Waals surface area (Å²) in [5.74, 6) is 0. The van der Waals surface area contributed by atoms with Crippen LogP contribution in [0.15, 0.2) is 84.9 Å². The van der Waals surface area contributed by atoms with Crippen LogP contribution in [0.1, 0.15) is 11.1 Å². The van der Waals surface area contributed by atoms with Gasteiger partial charge in [-0.3, -0.25) is 0 Å². The highest BCUT2D eigenvalue weighted by Gasteiger charge is 2.04. The zero-order valence-corrected chi connectivity index (χ0v) is 13.4. The Balaban J connectivity index is 0.000000149. The van der Waals surface area contributed by atoms with Gasteiger partial charge in [-0.1, -0.05) is 84.9 Å². The van der Waals surface area contributed by atoms with Crippen LogP contribution in [0.5, 0.6) is 0 Å². The number of rotatable bonds is 2. The van der Waals surface area contributed by atoms with Gasteiger partial charge in [-0.05, 0) is 32.7 Å². The molecule has 0 unspecified atom stereocenters. The second-order valence-electron chi connectivity index (χ2n) is 5.59. The molecule has 0 atom stereocenters. The van der Waals surface area contributed by atoms with Gasteiger partial charge < -0.3 is 10.2 Å². The largest absolute Gasteiger partial charge is 0.392 e. The van der Waals surface area contributed by atoms with E-state index in [1.807, 2.05) is 36.4 Å². The van der Waals surface area contributed by atoms with Gasteiger partial charge in [-0.15, -0.1) is 0 Å². The van der Waals surface area contributed by atoms with Crippen molar-refractivity contribution in [2.45, 2.75) is 13.2 Å². The molecule has 0 aromatic heterocycles. The van der Waals surface area contributed by atoms with Gasteiger partial charge in [-0.25, -0.2) is 0 Å². The molecule has 4 aromatic carbocycles. The first-order chi connectivity index (χ1) is 11.8. The maximum absolute atomic E-state index is 9.24. The highest BCUT2D eigenvalue weighted by Crippen LogP contribution is 2.22. The van der Waals surface area contributed by atoms with Crippen LogP contribution in [0, 0.1) is 0 Å². The van der Waals surface area contributed by atoms with Gasteiger partial charge in [-0.2, -0.15) is 0 Å². The molecule has 0 saturated carbocycles. The van der Waals surface area contributed by atoms with E-state index in [4.69, 9.17) is 5.11 Å². The zero-order chi connectivity index (χ0) is 16.8. The molecule has 4 rings (SSSR count). The van der Waals surface area contributed by atoms with Crippen LogP contribution in [0.3, 0.4) is 0 Å². The second-order valence-corrected chi connectivity index (χ2v) is 5.59. The van der Waals surface area contributed by atoms with Gasteiger partial charge in [0.1, 0.15) is 0 Å². The van der Waals surface area contributed by atoms with Crippen molar-refractivity contribution in [2.24, 2.45) is 0 Å². The third kappa shape index (κ3) is 3.46. The van der Waals surface area contributed by atoms with Crippen molar-refractivity contribution in [1.29, 1.82) is 0 Å². The number of hydrogen-bond donors (Lipinski definition) is 2. The van der Waals surface area contributed by atoms with Crippen LogP contribution in [-0.2, 0) is 13.2 Å². The van der Waals surface area contributed by atoms with E-state index in [-0.39, 0.29) is 13.2 Å². The Hall–Kier alpha value is -2.68. The summed E-state index contributed by atoms with van der Waals surface area (Å²) in [7, 11) is 0. The Kier molecular flexibility index (Phi) is 5.22. The molecule has 0 bridgehead atoms. The molecule has 0 saturated heterocycles. The number of benzene rings is 4. The van der Waals surface area contributed by atoms with Gasteiger partial charge in [0.25, 0.3) is 0 Å². The van der Waals surface area contributed by atoms with Crippen LogP contribution < -0.4 is 0 Å². The first-order valence-corrected chi connectivity index (χ1v) is 7.98. The van der Waals surface area contributed by atoms with Crippen molar-refractivity contribution in [1.82, 2.24) is 0 Å². The molecular weight excluding hydrogens is 296 g/mol. The fourth-order valence-electron chi connectivity index (χ4n) is 2.85. The number of aliphatic hydroxyl groups excluding tert-OH is 2. The molecule has 2 N–H and O–H groups in total. The van der Waals surface area contributed by atoms with E-state index >= 15 is 0 Å². The highest BCUT2D eigenvalue weighted by molar-refractivity contribution is 5.86. The summed E-state index contributed by atoms with van der Waals surface area (Å²) in [6.45, 7) is -0.0576. The molecule has 2 heteroatoms. The molecule has 120 valence electrons. The summed E-state index contributed by atoms with van der Waals surface area (Å²) in [5, 5.41) is 23.1. The first kappa shape index (κ1) is 16.2. The minimum absolute atomic E-state index is 0.0271. The van der Waals surface area contributed by atoms with E-state index in [2.05, 4.69) is 48.5 Å². The molecule has 0 spiro atoms. The van der Waals surface area contributed by atoms with Crippen LogP contribution in [0.25, 0.3) is 21.5 Å². The lowest BCUT2D eigenvalue weighted by Crippen LogP contribution is -1.94. The van der Waals surface area contributed by atoms with Gasteiger partial charge >= 0.3 is 0 Å². The van der Waals surface area contributed by atoms with Crippen molar-refractivity contribution in [3.05, 3.63) is 96.1 Å². The summed E-state index contributed by atoms with van der Waals surface area (Å²) < 4.78 is 0. The smallest absolute Gasteiger partial charge is 0.0691 e. The lowest BCUT2D eigenvalue weighted by Gasteiger charge is -2.08. The van der Waals surface area contributed by atoms with Gasteiger partial charge in [0.2, 0.25) is 0 Å². The fraction of sp³-hybridized carbons (Fsp3) is 0.0909. The predicted octanol–water partition coefficient (Wildman–Crippen LogP) is 4.66. The topological polar surface area (TPSA) is 40.5 Å². The highest BCUT2D eigenvalue weighted by atomic mass is 16.3. The molecule has 0 aliphatic rings. The Morgan fingerprint density at radius 1 is 0.500 bits per heavy atom. The third-order valence-corrected chi connectivity index (χ3v) is 4.12. The molecule has 0 radical (unpaired) electrons. The Morgan fingerprint density at radius 3 is 1.50 bits per heavy atom. The van der Waals surface area contributed by atoms with Gasteiger partial charge in [0, 0.05) is 0 Å². The van der Waals surface area contributed by atoms with Crippen molar-refractivity contribution in [3.63, 3.8) is 0 Å². The standard InChI is InChI=1S/C12H12O2.C10H8/c13-7-10-6-5-9-3-1-2-4-11(9)12(10)8-14;1-2-6-10-8-4-3-7-9(10)5-1/h1-6,13-14H,7-8H2;1-8H. The van der Waals surface area contributed by atoms with Crippen LogP contribution >= 0.6 is 0 Å². The van der Waals surface area contributed by atoms with E-state index in [9.17, 15) is 5.11 Å². The Bertz CT molecular complexity index is 879.